The van der Waals surface area contributed by atoms with Crippen LogP contribution in [0.25, 0.3) is 0 Å². The van der Waals surface area contributed by atoms with Crippen molar-refractivity contribution in [2.24, 2.45) is 5.92 Å². The van der Waals surface area contributed by atoms with Gasteiger partial charge in [-0.3, -0.25) is 4.79 Å². The van der Waals surface area contributed by atoms with Gasteiger partial charge in [0.15, 0.2) is 0 Å². The van der Waals surface area contributed by atoms with E-state index in [1.54, 1.807) is 36.5 Å². The molecule has 1 fully saturated rings. The van der Waals surface area contributed by atoms with Crippen molar-refractivity contribution in [1.82, 2.24) is 4.98 Å². The fourth-order valence-electron chi connectivity index (χ4n) is 2.46. The summed E-state index contributed by atoms with van der Waals surface area (Å²) in [5.41, 5.74) is 1.58. The Morgan fingerprint density at radius 2 is 2.04 bits per heavy atom. The van der Waals surface area contributed by atoms with Gasteiger partial charge in [0.25, 0.3) is 0 Å². The Morgan fingerprint density at radius 3 is 2.64 bits per heavy atom. The highest BCUT2D eigenvalue weighted by atomic mass is 35.5. The Hall–Kier alpha value is -2.60. The third-order valence-electron chi connectivity index (χ3n) is 4.16. The van der Waals surface area contributed by atoms with Crippen molar-refractivity contribution in [1.29, 1.82) is 0 Å². The number of hydrogen-bond donors (Lipinski definition) is 2. The van der Waals surface area contributed by atoms with Gasteiger partial charge in [-0.1, -0.05) is 18.0 Å². The fraction of sp³-hybridized carbons (Fsp3) is 0.278. The van der Waals surface area contributed by atoms with Crippen molar-refractivity contribution < 1.29 is 14.3 Å². The summed E-state index contributed by atoms with van der Waals surface area (Å²) in [6, 6.07) is 8.30. The number of amides is 1. The summed E-state index contributed by atoms with van der Waals surface area (Å²) in [5, 5.41) is 6.37. The number of halogens is 1. The summed E-state index contributed by atoms with van der Waals surface area (Å²) >= 11 is 6.15. The van der Waals surface area contributed by atoms with Gasteiger partial charge in [0.1, 0.15) is 5.82 Å². The average Bonchev–Trinajstić information content (AvgIpc) is 2.56. The van der Waals surface area contributed by atoms with Gasteiger partial charge in [-0.15, -0.1) is 0 Å². The number of carbonyl (C=O) groups is 2. The van der Waals surface area contributed by atoms with Crippen LogP contribution in [0.15, 0.2) is 36.5 Å². The molecular weight excluding hydrogens is 342 g/mol. The number of esters is 1. The van der Waals surface area contributed by atoms with E-state index in [2.05, 4.69) is 15.6 Å². The Bertz CT molecular complexity index is 789. The zero-order valence-electron chi connectivity index (χ0n) is 13.7. The van der Waals surface area contributed by atoms with Crippen molar-refractivity contribution in [3.05, 3.63) is 47.1 Å². The summed E-state index contributed by atoms with van der Waals surface area (Å²) in [7, 11) is 1.32. The maximum atomic E-state index is 11.9. The molecular formula is C18H18ClN3O3. The lowest BCUT2D eigenvalue weighted by Crippen LogP contribution is -2.28. The standard InChI is InChI=1S/C18H18ClN3O3/c1-25-18(24)12-5-7-14(19)15(9-12)22-16-8-6-13(10-20-16)21-17(23)11-3-2-4-11/h5-11H,2-4H2,1H3,(H,20,22)(H,21,23). The molecule has 2 aromatic rings. The average molecular weight is 360 g/mol. The number of hydrogen-bond acceptors (Lipinski definition) is 5. The molecule has 3 rings (SSSR count). The minimum atomic E-state index is -0.443. The maximum Gasteiger partial charge on any atom is 0.337 e. The van der Waals surface area contributed by atoms with Crippen LogP contribution >= 0.6 is 11.6 Å². The molecule has 130 valence electrons. The largest absolute Gasteiger partial charge is 0.465 e. The van der Waals surface area contributed by atoms with Crippen LogP contribution in [0.4, 0.5) is 17.2 Å². The number of nitrogens with one attached hydrogen (secondary N) is 2. The molecule has 0 saturated heterocycles. The van der Waals surface area contributed by atoms with Crippen molar-refractivity contribution in [2.45, 2.75) is 19.3 Å². The van der Waals surface area contributed by atoms with Gasteiger partial charge in [-0.25, -0.2) is 9.78 Å². The van der Waals surface area contributed by atoms with Crippen LogP contribution in [-0.4, -0.2) is 24.0 Å². The van der Waals surface area contributed by atoms with Gasteiger partial charge >= 0.3 is 5.97 Å². The second-order valence-electron chi connectivity index (χ2n) is 5.86. The quantitative estimate of drug-likeness (QED) is 0.788. The fourth-order valence-corrected chi connectivity index (χ4v) is 2.63. The predicted octanol–water partition coefficient (Wildman–Crippen LogP) is 4.00. The topological polar surface area (TPSA) is 80.3 Å². The zero-order valence-corrected chi connectivity index (χ0v) is 14.5. The highest BCUT2D eigenvalue weighted by molar-refractivity contribution is 6.33. The number of rotatable bonds is 5. The molecule has 0 atom stereocenters. The molecule has 1 aliphatic rings. The lowest BCUT2D eigenvalue weighted by atomic mass is 9.85. The zero-order chi connectivity index (χ0) is 17.8. The Balaban J connectivity index is 1.68. The molecule has 1 amide bonds. The van der Waals surface area contributed by atoms with Gasteiger partial charge in [-0.05, 0) is 43.2 Å². The molecule has 1 saturated carbocycles. The predicted molar refractivity (Wildman–Crippen MR) is 96.3 cm³/mol. The van der Waals surface area contributed by atoms with Gasteiger partial charge < -0.3 is 15.4 Å². The Kier molecular flexibility index (Phi) is 5.19. The summed E-state index contributed by atoms with van der Waals surface area (Å²) in [4.78, 5) is 27.8. The van der Waals surface area contributed by atoms with E-state index in [1.165, 1.54) is 7.11 Å². The van der Waals surface area contributed by atoms with Gasteiger partial charge in [-0.2, -0.15) is 0 Å². The second kappa shape index (κ2) is 7.53. The van der Waals surface area contributed by atoms with E-state index in [-0.39, 0.29) is 11.8 Å². The first-order chi connectivity index (χ1) is 12.1. The number of methoxy groups -OCH3 is 1. The monoisotopic (exact) mass is 359 g/mol. The SMILES string of the molecule is COC(=O)c1ccc(Cl)c(Nc2ccc(NC(=O)C3CCC3)cn2)c1. The molecule has 0 spiro atoms. The number of aromatic nitrogens is 1. The maximum absolute atomic E-state index is 11.9. The summed E-state index contributed by atoms with van der Waals surface area (Å²) in [6.45, 7) is 0. The highest BCUT2D eigenvalue weighted by Crippen LogP contribution is 2.28. The third-order valence-corrected chi connectivity index (χ3v) is 4.49. The van der Waals surface area contributed by atoms with Crippen LogP contribution < -0.4 is 10.6 Å². The first-order valence-electron chi connectivity index (χ1n) is 7.98. The van der Waals surface area contributed by atoms with Crippen LogP contribution in [0.2, 0.25) is 5.02 Å². The first-order valence-corrected chi connectivity index (χ1v) is 8.36. The highest BCUT2D eigenvalue weighted by Gasteiger charge is 2.25. The van der Waals surface area contributed by atoms with Crippen LogP contribution in [0.5, 0.6) is 0 Å². The van der Waals surface area contributed by atoms with E-state index in [9.17, 15) is 9.59 Å². The van der Waals surface area contributed by atoms with Crippen LogP contribution in [-0.2, 0) is 9.53 Å². The smallest absolute Gasteiger partial charge is 0.337 e. The van der Waals surface area contributed by atoms with Gasteiger partial charge in [0.05, 0.1) is 35.3 Å². The van der Waals surface area contributed by atoms with Crippen molar-refractivity contribution >= 4 is 40.7 Å². The number of nitrogens with zero attached hydrogens (tertiary/aromatic N) is 1. The van der Waals surface area contributed by atoms with Gasteiger partial charge in [0.2, 0.25) is 5.91 Å². The van der Waals surface area contributed by atoms with E-state index >= 15 is 0 Å². The lowest BCUT2D eigenvalue weighted by molar-refractivity contribution is -0.122. The van der Waals surface area contributed by atoms with E-state index in [0.717, 1.165) is 19.3 Å². The minimum absolute atomic E-state index is 0.0441. The van der Waals surface area contributed by atoms with E-state index in [0.29, 0.717) is 27.8 Å². The molecule has 6 nitrogen and oxygen atoms in total. The molecule has 7 heteroatoms. The number of ether oxygens (including phenoxy) is 1. The van der Waals surface area contributed by atoms with Crippen molar-refractivity contribution in [3.63, 3.8) is 0 Å². The van der Waals surface area contributed by atoms with Crippen LogP contribution in [0.3, 0.4) is 0 Å². The van der Waals surface area contributed by atoms with Gasteiger partial charge in [0, 0.05) is 5.92 Å². The summed E-state index contributed by atoms with van der Waals surface area (Å²) < 4.78 is 4.70. The molecule has 2 N–H and O–H groups in total. The van der Waals surface area contributed by atoms with Crippen molar-refractivity contribution in [3.8, 4) is 0 Å². The summed E-state index contributed by atoms with van der Waals surface area (Å²) in [5.74, 6) is 0.271. The van der Waals surface area contributed by atoms with Crippen molar-refractivity contribution in [2.75, 3.05) is 17.7 Å². The van der Waals surface area contributed by atoms with E-state index < -0.39 is 5.97 Å². The molecule has 1 heterocycles. The minimum Gasteiger partial charge on any atom is -0.465 e. The summed E-state index contributed by atoms with van der Waals surface area (Å²) in [6.07, 6.45) is 4.60. The third kappa shape index (κ3) is 4.09. The molecule has 0 aliphatic heterocycles. The Labute approximate surface area is 150 Å². The molecule has 1 aromatic heterocycles. The van der Waals surface area contributed by atoms with E-state index in [4.69, 9.17) is 16.3 Å². The number of anilines is 3. The lowest BCUT2D eigenvalue weighted by Gasteiger charge is -2.23. The van der Waals surface area contributed by atoms with Crippen LogP contribution in [0, 0.1) is 5.92 Å². The number of benzene rings is 1. The normalized spacial score (nSPS) is 13.7. The molecule has 0 radical (unpaired) electrons. The Morgan fingerprint density at radius 1 is 1.24 bits per heavy atom. The second-order valence-corrected chi connectivity index (χ2v) is 6.27. The molecule has 25 heavy (non-hydrogen) atoms. The molecule has 1 aliphatic carbocycles. The number of pyridine rings is 1. The molecule has 0 bridgehead atoms. The first kappa shape index (κ1) is 17.2. The van der Waals surface area contributed by atoms with Crippen LogP contribution in [0.1, 0.15) is 29.6 Å². The molecule has 1 aromatic carbocycles. The number of carbonyl (C=O) groups excluding carboxylic acids is 2. The van der Waals surface area contributed by atoms with E-state index in [1.807, 2.05) is 0 Å². The molecule has 0 unspecified atom stereocenters.